The van der Waals surface area contributed by atoms with E-state index < -0.39 is 30.2 Å². The Morgan fingerprint density at radius 2 is 1.63 bits per heavy atom. The summed E-state index contributed by atoms with van der Waals surface area (Å²) in [6, 6.07) is 9.87. The molecule has 0 aromatic heterocycles. The summed E-state index contributed by atoms with van der Waals surface area (Å²) in [5.74, 6) is -1.84. The van der Waals surface area contributed by atoms with Crippen LogP contribution in [-0.4, -0.2) is 24.4 Å². The average molecular weight is 380 g/mol. The van der Waals surface area contributed by atoms with E-state index in [1.165, 1.54) is 37.3 Å². The van der Waals surface area contributed by atoms with Gasteiger partial charge in [-0.3, -0.25) is 9.59 Å². The molecule has 2 amide bonds. The number of anilines is 2. The zero-order chi connectivity index (χ0) is 20.0. The van der Waals surface area contributed by atoms with E-state index in [1.54, 1.807) is 0 Å². The standard InChI is InChI=1S/C18H15F3N2O4/c1-11(24)22-14-7-5-12(6-8-14)17(26)27-10-16(25)23-15-4-2-3-13(9-15)18(19,20)21/h2-9H,10H2,1H3,(H,22,24)(H,23,25). The summed E-state index contributed by atoms with van der Waals surface area (Å²) in [6.07, 6.45) is -4.53. The first-order valence-corrected chi connectivity index (χ1v) is 7.67. The fraction of sp³-hybridized carbons (Fsp3) is 0.167. The van der Waals surface area contributed by atoms with Crippen LogP contribution < -0.4 is 10.6 Å². The molecule has 0 aliphatic heterocycles. The molecule has 0 fully saturated rings. The van der Waals surface area contributed by atoms with Crippen LogP contribution in [0.1, 0.15) is 22.8 Å². The second-order valence-electron chi connectivity index (χ2n) is 5.46. The Kier molecular flexibility index (Phi) is 6.17. The highest BCUT2D eigenvalue weighted by molar-refractivity contribution is 5.96. The Bertz CT molecular complexity index is 848. The molecule has 0 bridgehead atoms. The molecule has 142 valence electrons. The number of carbonyl (C=O) groups is 3. The van der Waals surface area contributed by atoms with Gasteiger partial charge in [-0.25, -0.2) is 4.79 Å². The van der Waals surface area contributed by atoms with E-state index in [0.29, 0.717) is 5.69 Å². The first-order chi connectivity index (χ1) is 12.6. The van der Waals surface area contributed by atoms with E-state index in [1.807, 2.05) is 0 Å². The lowest BCUT2D eigenvalue weighted by atomic mass is 10.2. The number of esters is 1. The lowest BCUT2D eigenvalue weighted by Gasteiger charge is -2.10. The molecule has 0 aliphatic rings. The zero-order valence-electron chi connectivity index (χ0n) is 14.1. The van der Waals surface area contributed by atoms with Crippen molar-refractivity contribution < 1.29 is 32.3 Å². The summed E-state index contributed by atoms with van der Waals surface area (Å²) in [4.78, 5) is 34.6. The second kappa shape index (κ2) is 8.35. The highest BCUT2D eigenvalue weighted by atomic mass is 19.4. The second-order valence-corrected chi connectivity index (χ2v) is 5.46. The number of hydrogen-bond acceptors (Lipinski definition) is 4. The number of benzene rings is 2. The predicted octanol–water partition coefficient (Wildman–Crippen LogP) is 3.46. The summed E-state index contributed by atoms with van der Waals surface area (Å²) < 4.78 is 42.7. The van der Waals surface area contributed by atoms with Gasteiger partial charge in [0.15, 0.2) is 6.61 Å². The Morgan fingerprint density at radius 3 is 2.22 bits per heavy atom. The molecule has 0 aliphatic carbocycles. The molecule has 0 unspecified atom stereocenters. The van der Waals surface area contributed by atoms with Gasteiger partial charge in [-0.1, -0.05) is 6.07 Å². The van der Waals surface area contributed by atoms with Gasteiger partial charge in [-0.05, 0) is 42.5 Å². The molecule has 0 atom stereocenters. The maximum absolute atomic E-state index is 12.6. The molecule has 2 N–H and O–H groups in total. The molecule has 2 rings (SSSR count). The molecular formula is C18H15F3N2O4. The molecule has 6 nitrogen and oxygen atoms in total. The van der Waals surface area contributed by atoms with Crippen molar-refractivity contribution in [2.45, 2.75) is 13.1 Å². The van der Waals surface area contributed by atoms with Gasteiger partial charge >= 0.3 is 12.1 Å². The van der Waals surface area contributed by atoms with Gasteiger partial charge in [0.05, 0.1) is 11.1 Å². The van der Waals surface area contributed by atoms with Gasteiger partial charge in [0.25, 0.3) is 5.91 Å². The fourth-order valence-corrected chi connectivity index (χ4v) is 2.08. The average Bonchev–Trinajstić information content (AvgIpc) is 2.59. The Hall–Kier alpha value is -3.36. The van der Waals surface area contributed by atoms with Crippen molar-refractivity contribution >= 4 is 29.2 Å². The SMILES string of the molecule is CC(=O)Nc1ccc(C(=O)OCC(=O)Nc2cccc(C(F)(F)F)c2)cc1. The Balaban J connectivity index is 1.90. The minimum Gasteiger partial charge on any atom is -0.452 e. The summed E-state index contributed by atoms with van der Waals surface area (Å²) in [7, 11) is 0. The van der Waals surface area contributed by atoms with E-state index in [4.69, 9.17) is 4.74 Å². The van der Waals surface area contributed by atoms with Crippen LogP contribution in [0.5, 0.6) is 0 Å². The Morgan fingerprint density at radius 1 is 0.963 bits per heavy atom. The normalized spacial score (nSPS) is 10.8. The third-order valence-electron chi connectivity index (χ3n) is 3.25. The van der Waals surface area contributed by atoms with Gasteiger partial charge in [-0.15, -0.1) is 0 Å². The summed E-state index contributed by atoms with van der Waals surface area (Å²) in [5, 5.41) is 4.76. The quantitative estimate of drug-likeness (QED) is 0.778. The van der Waals surface area contributed by atoms with Gasteiger partial charge < -0.3 is 15.4 Å². The van der Waals surface area contributed by atoms with E-state index >= 15 is 0 Å². The van der Waals surface area contributed by atoms with Crippen LogP contribution in [0.25, 0.3) is 0 Å². The number of halogens is 3. The van der Waals surface area contributed by atoms with Gasteiger partial charge in [0.2, 0.25) is 5.91 Å². The number of rotatable bonds is 5. The number of amides is 2. The largest absolute Gasteiger partial charge is 0.452 e. The number of ether oxygens (including phenoxy) is 1. The van der Waals surface area contributed by atoms with Crippen LogP contribution in [0.15, 0.2) is 48.5 Å². The van der Waals surface area contributed by atoms with Gasteiger partial charge in [0.1, 0.15) is 0 Å². The molecule has 0 saturated heterocycles. The molecule has 2 aromatic rings. The van der Waals surface area contributed by atoms with Gasteiger partial charge in [0, 0.05) is 18.3 Å². The van der Waals surface area contributed by atoms with E-state index in [0.717, 1.165) is 18.2 Å². The van der Waals surface area contributed by atoms with E-state index in [-0.39, 0.29) is 17.2 Å². The van der Waals surface area contributed by atoms with Crippen molar-refractivity contribution in [1.82, 2.24) is 0 Å². The zero-order valence-corrected chi connectivity index (χ0v) is 14.1. The van der Waals surface area contributed by atoms with E-state index in [9.17, 15) is 27.6 Å². The monoisotopic (exact) mass is 380 g/mol. The minimum atomic E-state index is -4.53. The number of nitrogens with one attached hydrogen (secondary N) is 2. The summed E-state index contributed by atoms with van der Waals surface area (Å²) in [6.45, 7) is 0.674. The first-order valence-electron chi connectivity index (χ1n) is 7.67. The highest BCUT2D eigenvalue weighted by Crippen LogP contribution is 2.30. The van der Waals surface area contributed by atoms with Crippen molar-refractivity contribution in [2.75, 3.05) is 17.2 Å². The van der Waals surface area contributed by atoms with E-state index in [2.05, 4.69) is 10.6 Å². The topological polar surface area (TPSA) is 84.5 Å². The van der Waals surface area contributed by atoms with Crippen molar-refractivity contribution in [3.63, 3.8) is 0 Å². The van der Waals surface area contributed by atoms with Gasteiger partial charge in [-0.2, -0.15) is 13.2 Å². The Labute approximate surface area is 152 Å². The van der Waals surface area contributed by atoms with Crippen LogP contribution in [0.4, 0.5) is 24.5 Å². The third-order valence-corrected chi connectivity index (χ3v) is 3.25. The molecule has 0 radical (unpaired) electrons. The first kappa shape index (κ1) is 20.0. The highest BCUT2D eigenvalue weighted by Gasteiger charge is 2.30. The van der Waals surface area contributed by atoms with Crippen molar-refractivity contribution in [3.8, 4) is 0 Å². The molecular weight excluding hydrogens is 365 g/mol. The molecule has 2 aromatic carbocycles. The van der Waals surface area contributed by atoms with Crippen molar-refractivity contribution in [1.29, 1.82) is 0 Å². The van der Waals surface area contributed by atoms with Crippen molar-refractivity contribution in [2.24, 2.45) is 0 Å². The maximum Gasteiger partial charge on any atom is 0.416 e. The molecule has 0 heterocycles. The molecule has 27 heavy (non-hydrogen) atoms. The van der Waals surface area contributed by atoms with Crippen LogP contribution in [0, 0.1) is 0 Å². The number of alkyl halides is 3. The summed E-state index contributed by atoms with van der Waals surface area (Å²) >= 11 is 0. The lowest BCUT2D eigenvalue weighted by molar-refractivity contribution is -0.137. The van der Waals surface area contributed by atoms with Crippen LogP contribution in [-0.2, 0) is 20.5 Å². The van der Waals surface area contributed by atoms with Crippen molar-refractivity contribution in [3.05, 3.63) is 59.7 Å². The van der Waals surface area contributed by atoms with Crippen LogP contribution >= 0.6 is 0 Å². The van der Waals surface area contributed by atoms with Crippen LogP contribution in [0.2, 0.25) is 0 Å². The minimum absolute atomic E-state index is 0.0643. The lowest BCUT2D eigenvalue weighted by Crippen LogP contribution is -2.21. The smallest absolute Gasteiger partial charge is 0.416 e. The summed E-state index contributed by atoms with van der Waals surface area (Å²) in [5.41, 5.74) is -0.334. The molecule has 9 heteroatoms. The predicted molar refractivity (Wildman–Crippen MR) is 91.1 cm³/mol. The third kappa shape index (κ3) is 6.14. The number of hydrogen-bond donors (Lipinski definition) is 2. The fourth-order valence-electron chi connectivity index (χ4n) is 2.08. The molecule has 0 spiro atoms. The molecule has 0 saturated carbocycles. The van der Waals surface area contributed by atoms with Crippen LogP contribution in [0.3, 0.4) is 0 Å². The maximum atomic E-state index is 12.6. The number of carbonyl (C=O) groups excluding carboxylic acids is 3.